The minimum Gasteiger partial charge on any atom is -0.396 e. The second-order valence-electron chi connectivity index (χ2n) is 3.32. The molecule has 0 aliphatic heterocycles. The van der Waals surface area contributed by atoms with Crippen LogP contribution in [0.4, 0.5) is 5.69 Å². The molecular formula is C10H7BrN4S. The van der Waals surface area contributed by atoms with E-state index in [0.29, 0.717) is 5.69 Å². The van der Waals surface area contributed by atoms with Crippen molar-refractivity contribution in [2.45, 2.75) is 0 Å². The molecule has 16 heavy (non-hydrogen) atoms. The monoisotopic (exact) mass is 294 g/mol. The first-order valence-corrected chi connectivity index (χ1v) is 6.19. The van der Waals surface area contributed by atoms with Crippen molar-refractivity contribution in [2.24, 2.45) is 0 Å². The van der Waals surface area contributed by atoms with Crippen LogP contribution in [0, 0.1) is 0 Å². The van der Waals surface area contributed by atoms with Gasteiger partial charge in [-0.2, -0.15) is 5.10 Å². The maximum absolute atomic E-state index is 5.65. The summed E-state index contributed by atoms with van der Waals surface area (Å²) < 4.78 is 2.79. The van der Waals surface area contributed by atoms with Crippen molar-refractivity contribution in [2.75, 3.05) is 5.73 Å². The van der Waals surface area contributed by atoms with Crippen molar-refractivity contribution < 1.29 is 0 Å². The van der Waals surface area contributed by atoms with Crippen molar-refractivity contribution in [1.29, 1.82) is 0 Å². The summed E-state index contributed by atoms with van der Waals surface area (Å²) in [4.78, 5) is 5.43. The summed E-state index contributed by atoms with van der Waals surface area (Å²) in [6.07, 6.45) is 5.21. The maximum Gasteiger partial charge on any atom is 0.163 e. The van der Waals surface area contributed by atoms with E-state index < -0.39 is 0 Å². The highest BCUT2D eigenvalue weighted by Gasteiger charge is 2.09. The van der Waals surface area contributed by atoms with E-state index in [2.05, 4.69) is 26.0 Å². The third-order valence-corrected chi connectivity index (χ3v) is 3.87. The number of anilines is 1. The molecule has 0 saturated heterocycles. The summed E-state index contributed by atoms with van der Waals surface area (Å²) in [5.74, 6) is 0. The Hall–Kier alpha value is -1.40. The van der Waals surface area contributed by atoms with Crippen molar-refractivity contribution >= 4 is 38.6 Å². The van der Waals surface area contributed by atoms with Crippen molar-refractivity contribution in [3.63, 3.8) is 0 Å². The van der Waals surface area contributed by atoms with Gasteiger partial charge in [0.2, 0.25) is 0 Å². The quantitative estimate of drug-likeness (QED) is 0.751. The van der Waals surface area contributed by atoms with Crippen LogP contribution in [-0.2, 0) is 0 Å². The Morgan fingerprint density at radius 1 is 1.31 bits per heavy atom. The highest BCUT2D eigenvalue weighted by molar-refractivity contribution is 9.11. The Morgan fingerprint density at radius 2 is 2.19 bits per heavy atom. The van der Waals surface area contributed by atoms with Gasteiger partial charge in [-0.15, -0.1) is 11.3 Å². The zero-order valence-electron chi connectivity index (χ0n) is 8.09. The molecule has 2 N–H and O–H groups in total. The summed E-state index contributed by atoms with van der Waals surface area (Å²) in [6, 6.07) is 4.06. The molecule has 3 aromatic heterocycles. The minimum absolute atomic E-state index is 0.606. The molecule has 0 aromatic carbocycles. The van der Waals surface area contributed by atoms with Crippen LogP contribution in [0.25, 0.3) is 16.1 Å². The van der Waals surface area contributed by atoms with Gasteiger partial charge in [-0.1, -0.05) is 0 Å². The number of halogens is 1. The predicted octanol–water partition coefficient (Wildman–Crippen LogP) is 2.80. The largest absolute Gasteiger partial charge is 0.396 e. The topological polar surface area (TPSA) is 56.2 Å². The van der Waals surface area contributed by atoms with Gasteiger partial charge in [0.25, 0.3) is 0 Å². The van der Waals surface area contributed by atoms with Crippen LogP contribution in [0.2, 0.25) is 0 Å². The van der Waals surface area contributed by atoms with E-state index in [0.717, 1.165) is 19.9 Å². The molecule has 0 aliphatic carbocycles. The van der Waals surface area contributed by atoms with E-state index in [1.54, 1.807) is 34.4 Å². The molecule has 0 radical (unpaired) electrons. The van der Waals surface area contributed by atoms with E-state index >= 15 is 0 Å². The summed E-state index contributed by atoms with van der Waals surface area (Å²) >= 11 is 5.10. The van der Waals surface area contributed by atoms with E-state index in [9.17, 15) is 0 Å². The first-order valence-electron chi connectivity index (χ1n) is 4.58. The van der Waals surface area contributed by atoms with Gasteiger partial charge < -0.3 is 5.73 Å². The number of aromatic nitrogens is 3. The molecule has 0 bridgehead atoms. The van der Waals surface area contributed by atoms with Crippen LogP contribution in [-0.4, -0.2) is 14.6 Å². The molecule has 0 saturated carbocycles. The van der Waals surface area contributed by atoms with Gasteiger partial charge in [0.1, 0.15) is 0 Å². The van der Waals surface area contributed by atoms with E-state index in [-0.39, 0.29) is 0 Å². The van der Waals surface area contributed by atoms with E-state index in [1.165, 1.54) is 0 Å². The molecule has 0 amide bonds. The lowest BCUT2D eigenvalue weighted by molar-refractivity contribution is 0.942. The molecule has 0 atom stereocenters. The number of hydrogen-bond acceptors (Lipinski definition) is 4. The lowest BCUT2D eigenvalue weighted by atomic mass is 10.3. The molecule has 0 aliphatic rings. The van der Waals surface area contributed by atoms with Gasteiger partial charge in [-0.25, -0.2) is 9.50 Å². The average molecular weight is 295 g/mol. The molecule has 4 nitrogen and oxygen atoms in total. The maximum atomic E-state index is 5.65. The number of thiophene rings is 1. The summed E-state index contributed by atoms with van der Waals surface area (Å²) in [7, 11) is 0. The fourth-order valence-corrected chi connectivity index (χ4v) is 2.91. The number of hydrogen-bond donors (Lipinski definition) is 1. The van der Waals surface area contributed by atoms with Crippen LogP contribution in [0.15, 0.2) is 34.5 Å². The minimum atomic E-state index is 0.606. The lowest BCUT2D eigenvalue weighted by Crippen LogP contribution is -1.94. The number of nitrogens with two attached hydrogens (primary N) is 1. The molecule has 80 valence electrons. The highest BCUT2D eigenvalue weighted by atomic mass is 79.9. The van der Waals surface area contributed by atoms with Crippen LogP contribution < -0.4 is 5.73 Å². The third kappa shape index (κ3) is 1.50. The standard InChI is InChI=1S/C10H7BrN4S/c11-9-2-1-8(16-9)7-4-14-15-5-6(12)3-13-10(7)15/h1-5H,12H2. The fraction of sp³-hybridized carbons (Fsp3) is 0. The predicted molar refractivity (Wildman–Crippen MR) is 68.4 cm³/mol. The number of fused-ring (bicyclic) bond motifs is 1. The van der Waals surface area contributed by atoms with Gasteiger partial charge in [0.05, 0.1) is 33.6 Å². The number of rotatable bonds is 1. The third-order valence-electron chi connectivity index (χ3n) is 2.22. The van der Waals surface area contributed by atoms with Gasteiger partial charge >= 0.3 is 0 Å². The molecule has 0 spiro atoms. The molecular weight excluding hydrogens is 288 g/mol. The van der Waals surface area contributed by atoms with E-state index in [1.807, 2.05) is 12.1 Å². The Kier molecular flexibility index (Phi) is 2.19. The molecule has 0 unspecified atom stereocenters. The number of nitrogens with zero attached hydrogens (tertiary/aromatic N) is 3. The molecule has 0 fully saturated rings. The van der Waals surface area contributed by atoms with Crippen LogP contribution in [0.3, 0.4) is 0 Å². The van der Waals surface area contributed by atoms with Gasteiger partial charge in [-0.3, -0.25) is 0 Å². The van der Waals surface area contributed by atoms with Crippen molar-refractivity contribution in [1.82, 2.24) is 14.6 Å². The SMILES string of the molecule is Nc1cnc2c(-c3ccc(Br)s3)cnn2c1. The van der Waals surface area contributed by atoms with Gasteiger partial charge in [-0.05, 0) is 28.1 Å². The summed E-state index contributed by atoms with van der Waals surface area (Å²) in [5, 5.41) is 4.23. The van der Waals surface area contributed by atoms with Gasteiger partial charge in [0.15, 0.2) is 5.65 Å². The highest BCUT2D eigenvalue weighted by Crippen LogP contribution is 2.33. The molecule has 6 heteroatoms. The van der Waals surface area contributed by atoms with Crippen LogP contribution in [0.5, 0.6) is 0 Å². The normalized spacial score (nSPS) is 11.1. The second kappa shape index (κ2) is 3.57. The summed E-state index contributed by atoms with van der Waals surface area (Å²) in [5.41, 5.74) is 8.10. The molecule has 3 heterocycles. The first kappa shape index (κ1) is 9.80. The van der Waals surface area contributed by atoms with Crippen molar-refractivity contribution in [3.05, 3.63) is 34.5 Å². The zero-order chi connectivity index (χ0) is 11.1. The Labute approximate surface area is 104 Å². The Balaban J connectivity index is 2.25. The summed E-state index contributed by atoms with van der Waals surface area (Å²) in [6.45, 7) is 0. The zero-order valence-corrected chi connectivity index (χ0v) is 10.5. The Bertz CT molecular complexity index is 658. The lowest BCUT2D eigenvalue weighted by Gasteiger charge is -1.96. The number of nitrogen functional groups attached to an aromatic ring is 1. The molecule has 3 rings (SSSR count). The van der Waals surface area contributed by atoms with E-state index in [4.69, 9.17) is 5.73 Å². The van der Waals surface area contributed by atoms with Gasteiger partial charge in [0, 0.05) is 4.88 Å². The molecule has 3 aromatic rings. The van der Waals surface area contributed by atoms with Crippen LogP contribution in [0.1, 0.15) is 0 Å². The fourth-order valence-electron chi connectivity index (χ4n) is 1.52. The average Bonchev–Trinajstić information content (AvgIpc) is 2.83. The smallest absolute Gasteiger partial charge is 0.163 e. The first-order chi connectivity index (χ1) is 7.74. The Morgan fingerprint density at radius 3 is 2.94 bits per heavy atom. The van der Waals surface area contributed by atoms with Crippen LogP contribution >= 0.6 is 27.3 Å². The van der Waals surface area contributed by atoms with Crippen molar-refractivity contribution in [3.8, 4) is 10.4 Å². The second-order valence-corrected chi connectivity index (χ2v) is 5.78.